The number of aliphatic hydroxyl groups excluding tert-OH is 1. The molecule has 3 aromatic heterocycles. The molecule has 4 N–H and O–H groups in total. The Bertz CT molecular complexity index is 1280. The Morgan fingerprint density at radius 1 is 1.27 bits per heavy atom. The Balaban J connectivity index is 1.68. The van der Waals surface area contributed by atoms with Gasteiger partial charge >= 0.3 is 0 Å². The topological polar surface area (TPSA) is 135 Å². The molecule has 5 rings (SSSR count). The van der Waals surface area contributed by atoms with E-state index in [0.717, 1.165) is 16.9 Å². The molecule has 33 heavy (non-hydrogen) atoms. The Kier molecular flexibility index (Phi) is 5.17. The second-order valence-electron chi connectivity index (χ2n) is 7.67. The summed E-state index contributed by atoms with van der Waals surface area (Å²) in [4.78, 5) is 12.3. The van der Waals surface area contributed by atoms with Gasteiger partial charge in [0.2, 0.25) is 0 Å². The number of hydrogen-bond donors (Lipinski definition) is 4. The monoisotopic (exact) mass is 451 g/mol. The van der Waals surface area contributed by atoms with E-state index in [0.29, 0.717) is 46.3 Å². The number of nitrogens with one attached hydrogen (secondary N) is 3. The second kappa shape index (κ2) is 8.17. The fraction of sp³-hybridized carbons (Fsp3) is 0.318. The third-order valence-electron chi connectivity index (χ3n) is 5.66. The lowest BCUT2D eigenvalue weighted by Crippen LogP contribution is -2.31. The zero-order chi connectivity index (χ0) is 23.1. The predicted octanol–water partition coefficient (Wildman–Crippen LogP) is 2.75. The van der Waals surface area contributed by atoms with Crippen molar-refractivity contribution in [2.45, 2.75) is 32.7 Å². The summed E-state index contributed by atoms with van der Waals surface area (Å²) < 4.78 is 17.8. The summed E-state index contributed by atoms with van der Waals surface area (Å²) in [5.74, 6) is 1.65. The number of nitrogens with zero attached hydrogens (tertiary/aromatic N) is 4. The van der Waals surface area contributed by atoms with Gasteiger partial charge in [0.25, 0.3) is 0 Å². The van der Waals surface area contributed by atoms with Gasteiger partial charge in [-0.3, -0.25) is 4.68 Å². The number of anilines is 1. The van der Waals surface area contributed by atoms with Crippen LogP contribution in [0.2, 0.25) is 0 Å². The molecule has 2 atom stereocenters. The minimum absolute atomic E-state index is 0.205. The van der Waals surface area contributed by atoms with E-state index >= 15 is 0 Å². The average molecular weight is 451 g/mol. The van der Waals surface area contributed by atoms with Crippen molar-refractivity contribution in [3.05, 3.63) is 48.2 Å². The highest BCUT2D eigenvalue weighted by molar-refractivity contribution is 5.97. The van der Waals surface area contributed by atoms with Crippen molar-refractivity contribution >= 4 is 28.0 Å². The number of aryl methyl sites for hydroxylation is 1. The van der Waals surface area contributed by atoms with Crippen molar-refractivity contribution in [3.63, 3.8) is 0 Å². The van der Waals surface area contributed by atoms with Gasteiger partial charge in [-0.2, -0.15) is 5.10 Å². The number of imidazole rings is 1. The molecule has 4 aromatic rings. The van der Waals surface area contributed by atoms with Gasteiger partial charge in [0, 0.05) is 24.9 Å². The van der Waals surface area contributed by atoms with Gasteiger partial charge < -0.3 is 34.6 Å². The molecule has 11 nitrogen and oxygen atoms in total. The molecule has 0 saturated heterocycles. The van der Waals surface area contributed by atoms with Crippen LogP contribution in [-0.4, -0.2) is 50.3 Å². The van der Waals surface area contributed by atoms with Crippen LogP contribution in [-0.2, 0) is 6.54 Å². The summed E-state index contributed by atoms with van der Waals surface area (Å²) in [7, 11) is 3.16. The fourth-order valence-electron chi connectivity index (χ4n) is 3.94. The molecular weight excluding hydrogens is 426 g/mol. The summed E-state index contributed by atoms with van der Waals surface area (Å²) in [6.07, 6.45) is 3.81. The molecular formula is C22H25N7O4. The van der Waals surface area contributed by atoms with Crippen LogP contribution in [0.1, 0.15) is 37.1 Å². The first-order valence-corrected chi connectivity index (χ1v) is 10.6. The van der Waals surface area contributed by atoms with Crippen LogP contribution in [0, 0.1) is 0 Å². The van der Waals surface area contributed by atoms with E-state index in [-0.39, 0.29) is 6.04 Å². The number of H-pyrrole nitrogens is 1. The van der Waals surface area contributed by atoms with E-state index < -0.39 is 6.23 Å². The molecule has 1 aliphatic rings. The van der Waals surface area contributed by atoms with E-state index in [4.69, 9.17) is 24.0 Å². The Morgan fingerprint density at radius 2 is 2.06 bits per heavy atom. The minimum atomic E-state index is -1.02. The van der Waals surface area contributed by atoms with Crippen LogP contribution in [0.15, 0.2) is 35.4 Å². The van der Waals surface area contributed by atoms with Crippen LogP contribution >= 0.6 is 0 Å². The van der Waals surface area contributed by atoms with Gasteiger partial charge in [-0.1, -0.05) is 0 Å². The van der Waals surface area contributed by atoms with E-state index in [9.17, 15) is 5.11 Å². The molecule has 0 amide bonds. The Labute approximate surface area is 189 Å². The van der Waals surface area contributed by atoms with E-state index in [1.54, 1.807) is 26.5 Å². The van der Waals surface area contributed by atoms with Crippen LogP contribution < -0.4 is 20.1 Å². The molecule has 0 spiro atoms. The predicted molar refractivity (Wildman–Crippen MR) is 122 cm³/mol. The number of aromatic nitrogens is 5. The van der Waals surface area contributed by atoms with Crippen LogP contribution in [0.4, 0.5) is 5.69 Å². The van der Waals surface area contributed by atoms with Crippen molar-refractivity contribution in [3.8, 4) is 11.5 Å². The smallest absolute Gasteiger partial charge is 0.180 e. The summed E-state index contributed by atoms with van der Waals surface area (Å²) in [6, 6.07) is 3.40. The quantitative estimate of drug-likeness (QED) is 0.334. The normalized spacial score (nSPS) is 16.5. The molecule has 11 heteroatoms. The van der Waals surface area contributed by atoms with Gasteiger partial charge in [-0.15, -0.1) is 0 Å². The molecule has 0 aliphatic carbocycles. The van der Waals surface area contributed by atoms with Crippen LogP contribution in [0.3, 0.4) is 0 Å². The van der Waals surface area contributed by atoms with Gasteiger partial charge in [0.15, 0.2) is 24.1 Å². The van der Waals surface area contributed by atoms with Gasteiger partial charge in [-0.25, -0.2) is 9.97 Å². The third-order valence-corrected chi connectivity index (χ3v) is 5.66. The third kappa shape index (κ3) is 3.55. The minimum Gasteiger partial charge on any atom is -0.493 e. The summed E-state index contributed by atoms with van der Waals surface area (Å²) >= 11 is 0. The van der Waals surface area contributed by atoms with Crippen LogP contribution in [0.5, 0.6) is 11.5 Å². The van der Waals surface area contributed by atoms with E-state index in [1.165, 1.54) is 6.39 Å². The van der Waals surface area contributed by atoms with Crippen molar-refractivity contribution in [2.75, 3.05) is 19.5 Å². The highest BCUT2D eigenvalue weighted by Crippen LogP contribution is 2.38. The van der Waals surface area contributed by atoms with Crippen molar-refractivity contribution in [1.29, 1.82) is 0 Å². The maximum Gasteiger partial charge on any atom is 0.180 e. The SMILES string of the molecule is CCn1cc2c(n1)C(N[C@@H](C)c1cocn1)=C(c1nc3cc(OC)c(OC)cc3[nH]1)C(O)N2. The first-order chi connectivity index (χ1) is 16.0. The highest BCUT2D eigenvalue weighted by atomic mass is 16.5. The molecule has 1 aromatic carbocycles. The zero-order valence-electron chi connectivity index (χ0n) is 18.7. The molecule has 0 radical (unpaired) electrons. The van der Waals surface area contributed by atoms with E-state index in [1.807, 2.05) is 30.8 Å². The molecule has 0 saturated carbocycles. The molecule has 0 bridgehead atoms. The highest BCUT2D eigenvalue weighted by Gasteiger charge is 2.32. The van der Waals surface area contributed by atoms with E-state index in [2.05, 4.69) is 20.6 Å². The van der Waals surface area contributed by atoms with Crippen molar-refractivity contribution in [1.82, 2.24) is 30.0 Å². The number of hydrogen-bond acceptors (Lipinski definition) is 9. The number of aliphatic hydroxyl groups is 1. The lowest BCUT2D eigenvalue weighted by atomic mass is 10.0. The standard InChI is InChI=1S/C22H25N7O4/c1-5-29-8-14-19(28-29)20(24-11(2)15-9-33-10-23-15)18(22(30)27-14)21-25-12-6-16(31-3)17(32-4)7-13(12)26-21/h6-11,22,24,27,30H,5H2,1-4H3,(H,25,26)/t11-,22?/m0/s1. The number of fused-ring (bicyclic) bond motifs is 2. The summed E-state index contributed by atoms with van der Waals surface area (Å²) in [5.41, 5.74) is 4.74. The lowest BCUT2D eigenvalue weighted by Gasteiger charge is -2.27. The second-order valence-corrected chi connectivity index (χ2v) is 7.67. The van der Waals surface area contributed by atoms with Crippen molar-refractivity contribution in [2.24, 2.45) is 0 Å². The fourth-order valence-corrected chi connectivity index (χ4v) is 3.94. The number of ether oxygens (including phenoxy) is 2. The maximum atomic E-state index is 11.1. The van der Waals surface area contributed by atoms with Gasteiger partial charge in [0.05, 0.1) is 48.3 Å². The number of methoxy groups -OCH3 is 2. The van der Waals surface area contributed by atoms with Gasteiger partial charge in [-0.05, 0) is 13.8 Å². The Morgan fingerprint density at radius 3 is 2.76 bits per heavy atom. The van der Waals surface area contributed by atoms with Crippen molar-refractivity contribution < 1.29 is 19.0 Å². The first kappa shape index (κ1) is 20.9. The summed E-state index contributed by atoms with van der Waals surface area (Å²) in [6.45, 7) is 4.66. The van der Waals surface area contributed by atoms with Gasteiger partial charge in [0.1, 0.15) is 23.5 Å². The molecule has 1 aliphatic heterocycles. The number of oxazole rings is 1. The van der Waals surface area contributed by atoms with Crippen LogP contribution in [0.25, 0.3) is 22.3 Å². The molecule has 1 unspecified atom stereocenters. The maximum absolute atomic E-state index is 11.1. The zero-order valence-corrected chi connectivity index (χ0v) is 18.7. The molecule has 4 heterocycles. The number of benzene rings is 1. The number of rotatable bonds is 7. The molecule has 172 valence electrons. The molecule has 0 fully saturated rings. The average Bonchev–Trinajstić information content (AvgIpc) is 3.56. The summed E-state index contributed by atoms with van der Waals surface area (Å²) in [5, 5.41) is 22.4. The lowest BCUT2D eigenvalue weighted by molar-refractivity contribution is 0.259. The Hall–Kier alpha value is -3.99. The largest absolute Gasteiger partial charge is 0.493 e. The number of aromatic amines is 1. The first-order valence-electron chi connectivity index (χ1n) is 10.6.